The van der Waals surface area contributed by atoms with E-state index in [2.05, 4.69) is 30.1 Å². The Morgan fingerprint density at radius 1 is 0.958 bits per heavy atom. The first-order chi connectivity index (χ1) is 11.8. The summed E-state index contributed by atoms with van der Waals surface area (Å²) in [6.45, 7) is 3.50. The van der Waals surface area contributed by atoms with E-state index in [9.17, 15) is 4.79 Å². The Morgan fingerprint density at radius 2 is 1.71 bits per heavy atom. The van der Waals surface area contributed by atoms with Gasteiger partial charge in [-0.2, -0.15) is 0 Å². The monoisotopic (exact) mass is 324 g/mol. The number of amides is 1. The van der Waals surface area contributed by atoms with E-state index in [1.807, 2.05) is 24.4 Å². The molecule has 2 aromatic rings. The number of carbonyl (C=O) groups excluding carboxylic acids is 1. The van der Waals surface area contributed by atoms with Crippen LogP contribution in [-0.4, -0.2) is 53.1 Å². The number of anilines is 2. The topological polar surface area (TPSA) is 74.2 Å². The van der Waals surface area contributed by atoms with Gasteiger partial charge in [-0.1, -0.05) is 6.07 Å². The molecule has 3 heterocycles. The van der Waals surface area contributed by atoms with E-state index in [4.69, 9.17) is 0 Å². The van der Waals surface area contributed by atoms with Crippen LogP contribution < -0.4 is 15.1 Å². The second-order valence-corrected chi connectivity index (χ2v) is 6.17. The summed E-state index contributed by atoms with van der Waals surface area (Å²) >= 11 is 0. The summed E-state index contributed by atoms with van der Waals surface area (Å²) in [4.78, 5) is 29.5. The summed E-state index contributed by atoms with van der Waals surface area (Å²) in [7, 11) is 0. The smallest absolute Gasteiger partial charge is 0.271 e. The van der Waals surface area contributed by atoms with E-state index in [0.717, 1.165) is 50.7 Å². The van der Waals surface area contributed by atoms with Gasteiger partial charge in [0.25, 0.3) is 5.91 Å². The summed E-state index contributed by atoms with van der Waals surface area (Å²) in [5.41, 5.74) is 0.387. The van der Waals surface area contributed by atoms with Crippen LogP contribution in [0, 0.1) is 0 Å². The lowest BCUT2D eigenvalue weighted by molar-refractivity contribution is 0.0945. The summed E-state index contributed by atoms with van der Waals surface area (Å²) in [6, 6.07) is 6.29. The fourth-order valence-electron chi connectivity index (χ4n) is 2.79. The molecule has 2 fully saturated rings. The van der Waals surface area contributed by atoms with Gasteiger partial charge in [-0.05, 0) is 25.0 Å². The summed E-state index contributed by atoms with van der Waals surface area (Å²) in [6.07, 6.45) is 7.21. The van der Waals surface area contributed by atoms with Crippen LogP contribution in [0.25, 0.3) is 0 Å². The molecule has 1 aliphatic heterocycles. The zero-order chi connectivity index (χ0) is 16.4. The minimum absolute atomic E-state index is 0.128. The van der Waals surface area contributed by atoms with E-state index in [0.29, 0.717) is 11.7 Å². The molecule has 0 radical (unpaired) electrons. The highest BCUT2D eigenvalue weighted by Crippen LogP contribution is 2.19. The molecule has 1 aliphatic carbocycles. The second-order valence-electron chi connectivity index (χ2n) is 6.17. The molecule has 2 aliphatic rings. The second kappa shape index (κ2) is 6.43. The van der Waals surface area contributed by atoms with Crippen molar-refractivity contribution in [2.24, 2.45) is 0 Å². The number of carbonyl (C=O) groups is 1. The van der Waals surface area contributed by atoms with Gasteiger partial charge in [0, 0.05) is 38.4 Å². The van der Waals surface area contributed by atoms with Crippen LogP contribution in [0.15, 0.2) is 36.8 Å². The fourth-order valence-corrected chi connectivity index (χ4v) is 2.79. The minimum Gasteiger partial charge on any atom is -0.353 e. The normalized spacial score (nSPS) is 17.7. The molecule has 1 saturated carbocycles. The fraction of sp³-hybridized carbons (Fsp3) is 0.412. The molecule has 1 N–H and O–H groups in total. The quantitative estimate of drug-likeness (QED) is 0.907. The Labute approximate surface area is 140 Å². The van der Waals surface area contributed by atoms with Crippen LogP contribution in [0.3, 0.4) is 0 Å². The third-order valence-electron chi connectivity index (χ3n) is 4.36. The van der Waals surface area contributed by atoms with E-state index in [1.54, 1.807) is 12.4 Å². The summed E-state index contributed by atoms with van der Waals surface area (Å²) < 4.78 is 0. The Balaban J connectivity index is 1.36. The molecule has 0 bridgehead atoms. The van der Waals surface area contributed by atoms with Crippen molar-refractivity contribution < 1.29 is 4.79 Å². The maximum atomic E-state index is 11.9. The average molecular weight is 324 g/mol. The standard InChI is InChI=1S/C17H20N6O/c24-17(21-13-4-5-13)14-11-20-16(12-19-14)23-9-7-22(8-10-23)15-3-1-2-6-18-15/h1-3,6,11-13H,4-5,7-10H2,(H,21,24). The molecule has 0 atom stereocenters. The molecular weight excluding hydrogens is 304 g/mol. The maximum Gasteiger partial charge on any atom is 0.271 e. The lowest BCUT2D eigenvalue weighted by atomic mass is 10.3. The van der Waals surface area contributed by atoms with Gasteiger partial charge in [-0.3, -0.25) is 4.79 Å². The largest absolute Gasteiger partial charge is 0.353 e. The number of nitrogens with one attached hydrogen (secondary N) is 1. The molecular formula is C17H20N6O. The van der Waals surface area contributed by atoms with Crippen molar-refractivity contribution in [2.45, 2.75) is 18.9 Å². The van der Waals surface area contributed by atoms with Gasteiger partial charge in [-0.15, -0.1) is 0 Å². The van der Waals surface area contributed by atoms with Crippen molar-refractivity contribution in [2.75, 3.05) is 36.0 Å². The molecule has 1 amide bonds. The Hall–Kier alpha value is -2.70. The molecule has 124 valence electrons. The molecule has 2 aromatic heterocycles. The highest BCUT2D eigenvalue weighted by Gasteiger charge is 2.25. The molecule has 24 heavy (non-hydrogen) atoms. The Bertz CT molecular complexity index is 693. The van der Waals surface area contributed by atoms with Gasteiger partial charge < -0.3 is 15.1 Å². The predicted molar refractivity (Wildman–Crippen MR) is 91.2 cm³/mol. The van der Waals surface area contributed by atoms with Crippen molar-refractivity contribution >= 4 is 17.5 Å². The van der Waals surface area contributed by atoms with E-state index in [1.165, 1.54) is 0 Å². The van der Waals surface area contributed by atoms with Gasteiger partial charge in [0.1, 0.15) is 17.3 Å². The van der Waals surface area contributed by atoms with Gasteiger partial charge in [0.05, 0.1) is 12.4 Å². The third kappa shape index (κ3) is 3.29. The average Bonchev–Trinajstić information content (AvgIpc) is 3.47. The van der Waals surface area contributed by atoms with Crippen LogP contribution in [-0.2, 0) is 0 Å². The summed E-state index contributed by atoms with van der Waals surface area (Å²) in [5, 5.41) is 2.92. The molecule has 4 rings (SSSR count). The highest BCUT2D eigenvalue weighted by atomic mass is 16.2. The highest BCUT2D eigenvalue weighted by molar-refractivity contribution is 5.92. The van der Waals surface area contributed by atoms with Crippen molar-refractivity contribution in [1.29, 1.82) is 0 Å². The number of piperazine rings is 1. The third-order valence-corrected chi connectivity index (χ3v) is 4.36. The van der Waals surface area contributed by atoms with Crippen molar-refractivity contribution in [3.05, 3.63) is 42.5 Å². The SMILES string of the molecule is O=C(NC1CC1)c1cnc(N2CCN(c3ccccn3)CC2)cn1. The maximum absolute atomic E-state index is 11.9. The van der Waals surface area contributed by atoms with Crippen LogP contribution in [0.2, 0.25) is 0 Å². The van der Waals surface area contributed by atoms with Gasteiger partial charge >= 0.3 is 0 Å². The van der Waals surface area contributed by atoms with Crippen LogP contribution in [0.1, 0.15) is 23.3 Å². The molecule has 7 nitrogen and oxygen atoms in total. The van der Waals surface area contributed by atoms with E-state index >= 15 is 0 Å². The zero-order valence-electron chi connectivity index (χ0n) is 13.4. The van der Waals surface area contributed by atoms with Crippen LogP contribution in [0.4, 0.5) is 11.6 Å². The predicted octanol–water partition coefficient (Wildman–Crippen LogP) is 1.09. The molecule has 0 unspecified atom stereocenters. The van der Waals surface area contributed by atoms with Gasteiger partial charge in [-0.25, -0.2) is 15.0 Å². The zero-order valence-corrected chi connectivity index (χ0v) is 13.4. The molecule has 1 saturated heterocycles. The van der Waals surface area contributed by atoms with Crippen molar-refractivity contribution in [3.8, 4) is 0 Å². The first kappa shape index (κ1) is 14.9. The number of aromatic nitrogens is 3. The van der Waals surface area contributed by atoms with Crippen LogP contribution in [0.5, 0.6) is 0 Å². The van der Waals surface area contributed by atoms with Crippen molar-refractivity contribution in [3.63, 3.8) is 0 Å². The lowest BCUT2D eigenvalue weighted by Gasteiger charge is -2.35. The van der Waals surface area contributed by atoms with Crippen LogP contribution >= 0.6 is 0 Å². The number of hydrogen-bond donors (Lipinski definition) is 1. The summed E-state index contributed by atoms with van der Waals surface area (Å²) in [5.74, 6) is 1.70. The Kier molecular flexibility index (Phi) is 3.98. The Morgan fingerprint density at radius 3 is 2.29 bits per heavy atom. The number of hydrogen-bond acceptors (Lipinski definition) is 6. The number of pyridine rings is 1. The molecule has 7 heteroatoms. The van der Waals surface area contributed by atoms with Gasteiger partial charge in [0.2, 0.25) is 0 Å². The van der Waals surface area contributed by atoms with E-state index < -0.39 is 0 Å². The first-order valence-corrected chi connectivity index (χ1v) is 8.33. The molecule has 0 aromatic carbocycles. The number of nitrogens with zero attached hydrogens (tertiary/aromatic N) is 5. The first-order valence-electron chi connectivity index (χ1n) is 8.33. The van der Waals surface area contributed by atoms with E-state index in [-0.39, 0.29) is 5.91 Å². The lowest BCUT2D eigenvalue weighted by Crippen LogP contribution is -2.47. The van der Waals surface area contributed by atoms with Crippen molar-refractivity contribution in [1.82, 2.24) is 20.3 Å². The minimum atomic E-state index is -0.128. The van der Waals surface area contributed by atoms with Gasteiger partial charge in [0.15, 0.2) is 0 Å². The number of rotatable bonds is 4. The molecule has 0 spiro atoms.